The molecule has 0 aromatic heterocycles. The summed E-state index contributed by atoms with van der Waals surface area (Å²) in [5, 5.41) is 5.59. The first-order chi connectivity index (χ1) is 12.3. The maximum Gasteiger partial charge on any atom is 0.573 e. The molecule has 1 aliphatic carbocycles. The topological polar surface area (TPSA) is 70.7 Å². The fourth-order valence-corrected chi connectivity index (χ4v) is 2.85. The number of anilines is 1. The van der Waals surface area contributed by atoms with Crippen LogP contribution in [0.15, 0.2) is 24.3 Å². The molecule has 1 atom stereocenters. The molecular formula is C17H20F3N3O3. The van der Waals surface area contributed by atoms with E-state index >= 15 is 0 Å². The third kappa shape index (κ3) is 5.27. The molecule has 1 saturated heterocycles. The molecule has 9 heteroatoms. The molecule has 1 aromatic carbocycles. The van der Waals surface area contributed by atoms with Crippen LogP contribution in [0.5, 0.6) is 5.75 Å². The lowest BCUT2D eigenvalue weighted by atomic mass is 9.97. The van der Waals surface area contributed by atoms with Crippen LogP contribution in [0.1, 0.15) is 25.7 Å². The second-order valence-corrected chi connectivity index (χ2v) is 6.57. The van der Waals surface area contributed by atoms with E-state index in [0.717, 1.165) is 31.4 Å². The van der Waals surface area contributed by atoms with Gasteiger partial charge in [0.15, 0.2) is 0 Å². The molecule has 3 amide bonds. The van der Waals surface area contributed by atoms with Crippen LogP contribution in [0.3, 0.4) is 0 Å². The fourth-order valence-electron chi connectivity index (χ4n) is 2.85. The number of hydrogen-bond donors (Lipinski definition) is 2. The number of urea groups is 1. The van der Waals surface area contributed by atoms with Gasteiger partial charge in [0.2, 0.25) is 5.91 Å². The molecule has 1 aromatic rings. The van der Waals surface area contributed by atoms with Crippen molar-refractivity contribution in [3.8, 4) is 5.75 Å². The van der Waals surface area contributed by atoms with Gasteiger partial charge in [-0.1, -0.05) is 0 Å². The van der Waals surface area contributed by atoms with E-state index in [9.17, 15) is 22.8 Å². The predicted molar refractivity (Wildman–Crippen MR) is 87.6 cm³/mol. The van der Waals surface area contributed by atoms with Crippen molar-refractivity contribution in [1.29, 1.82) is 0 Å². The smallest absolute Gasteiger partial charge is 0.406 e. The molecule has 1 unspecified atom stereocenters. The van der Waals surface area contributed by atoms with Crippen molar-refractivity contribution in [2.75, 3.05) is 18.4 Å². The zero-order chi connectivity index (χ0) is 18.7. The molecule has 1 saturated carbocycles. The number of hydrogen-bond acceptors (Lipinski definition) is 3. The fraction of sp³-hybridized carbons (Fsp3) is 0.529. The third-order valence-electron chi connectivity index (χ3n) is 4.34. The van der Waals surface area contributed by atoms with E-state index in [1.807, 2.05) is 0 Å². The number of nitrogens with one attached hydrogen (secondary N) is 2. The van der Waals surface area contributed by atoms with Crippen LogP contribution in [-0.4, -0.2) is 42.3 Å². The normalized spacial score (nSPS) is 20.4. The van der Waals surface area contributed by atoms with Crippen LogP contribution in [0.4, 0.5) is 23.7 Å². The Morgan fingerprint density at radius 2 is 1.81 bits per heavy atom. The van der Waals surface area contributed by atoms with E-state index in [-0.39, 0.29) is 29.6 Å². The number of likely N-dealkylation sites (tertiary alicyclic amines) is 1. The average molecular weight is 371 g/mol. The highest BCUT2D eigenvalue weighted by Crippen LogP contribution is 2.25. The van der Waals surface area contributed by atoms with E-state index in [0.29, 0.717) is 25.2 Å². The van der Waals surface area contributed by atoms with Crippen LogP contribution < -0.4 is 15.4 Å². The van der Waals surface area contributed by atoms with E-state index in [1.54, 1.807) is 4.90 Å². The van der Waals surface area contributed by atoms with Crippen LogP contribution in [-0.2, 0) is 4.79 Å². The Labute approximate surface area is 148 Å². The van der Waals surface area contributed by atoms with E-state index in [2.05, 4.69) is 15.4 Å². The van der Waals surface area contributed by atoms with E-state index in [1.165, 1.54) is 12.1 Å². The number of carbonyl (C=O) groups is 2. The monoisotopic (exact) mass is 371 g/mol. The van der Waals surface area contributed by atoms with Crippen molar-refractivity contribution in [2.24, 2.45) is 5.92 Å². The van der Waals surface area contributed by atoms with Gasteiger partial charge in [0.05, 0.1) is 5.92 Å². The molecule has 142 valence electrons. The Morgan fingerprint density at radius 3 is 2.42 bits per heavy atom. The zero-order valence-electron chi connectivity index (χ0n) is 14.0. The standard InChI is InChI=1S/C17H20F3N3O3/c18-17(19,20)26-14-7-5-12(6-8-14)21-15(24)11-2-1-9-23(10-11)16(25)22-13-3-4-13/h5-8,11,13H,1-4,9-10H2,(H,21,24)(H,22,25). The molecule has 2 fully saturated rings. The Balaban J connectivity index is 1.52. The van der Waals surface area contributed by atoms with Crippen molar-refractivity contribution in [3.63, 3.8) is 0 Å². The number of nitrogens with zero attached hydrogens (tertiary/aromatic N) is 1. The maximum absolute atomic E-state index is 12.4. The van der Waals surface area contributed by atoms with Crippen molar-refractivity contribution in [1.82, 2.24) is 10.2 Å². The number of halogens is 3. The van der Waals surface area contributed by atoms with Gasteiger partial charge in [-0.2, -0.15) is 0 Å². The summed E-state index contributed by atoms with van der Waals surface area (Å²) in [6.07, 6.45) is -1.37. The van der Waals surface area contributed by atoms with Gasteiger partial charge in [0.1, 0.15) is 5.75 Å². The van der Waals surface area contributed by atoms with Crippen LogP contribution in [0.25, 0.3) is 0 Å². The zero-order valence-corrected chi connectivity index (χ0v) is 14.0. The van der Waals surface area contributed by atoms with Gasteiger partial charge < -0.3 is 20.3 Å². The maximum atomic E-state index is 12.4. The number of ether oxygens (including phenoxy) is 1. The Bertz CT molecular complexity index is 659. The number of alkyl halides is 3. The first kappa shape index (κ1) is 18.3. The summed E-state index contributed by atoms with van der Waals surface area (Å²) < 4.78 is 40.2. The number of piperidine rings is 1. The second-order valence-electron chi connectivity index (χ2n) is 6.57. The number of amides is 3. The van der Waals surface area contributed by atoms with Crippen molar-refractivity contribution >= 4 is 17.6 Å². The van der Waals surface area contributed by atoms with Gasteiger partial charge >= 0.3 is 12.4 Å². The number of rotatable bonds is 4. The minimum atomic E-state index is -4.75. The lowest BCUT2D eigenvalue weighted by Gasteiger charge is -2.32. The van der Waals surface area contributed by atoms with Crippen molar-refractivity contribution in [3.05, 3.63) is 24.3 Å². The third-order valence-corrected chi connectivity index (χ3v) is 4.34. The molecule has 2 aliphatic rings. The van der Waals surface area contributed by atoms with Gasteiger partial charge in [0.25, 0.3) is 0 Å². The van der Waals surface area contributed by atoms with Gasteiger partial charge in [-0.15, -0.1) is 13.2 Å². The summed E-state index contributed by atoms with van der Waals surface area (Å²) in [4.78, 5) is 26.2. The lowest BCUT2D eigenvalue weighted by molar-refractivity contribution is -0.274. The molecular weight excluding hydrogens is 351 g/mol. The minimum Gasteiger partial charge on any atom is -0.406 e. The summed E-state index contributed by atoms with van der Waals surface area (Å²) in [5.41, 5.74) is 0.379. The molecule has 6 nitrogen and oxygen atoms in total. The molecule has 0 bridgehead atoms. The van der Waals surface area contributed by atoms with Gasteiger partial charge in [-0.05, 0) is 49.9 Å². The minimum absolute atomic E-state index is 0.140. The highest BCUT2D eigenvalue weighted by Gasteiger charge is 2.32. The number of carbonyl (C=O) groups excluding carboxylic acids is 2. The van der Waals surface area contributed by atoms with Gasteiger partial charge in [0, 0.05) is 24.8 Å². The number of benzene rings is 1. The molecule has 26 heavy (non-hydrogen) atoms. The van der Waals surface area contributed by atoms with Crippen molar-refractivity contribution in [2.45, 2.75) is 38.1 Å². The molecule has 1 heterocycles. The van der Waals surface area contributed by atoms with Crippen LogP contribution in [0, 0.1) is 5.92 Å². The molecule has 1 aliphatic heterocycles. The van der Waals surface area contributed by atoms with Crippen molar-refractivity contribution < 1.29 is 27.5 Å². The predicted octanol–water partition coefficient (Wildman–Crippen LogP) is 3.11. The van der Waals surface area contributed by atoms with Crippen LogP contribution in [0.2, 0.25) is 0 Å². The summed E-state index contributed by atoms with van der Waals surface area (Å²) in [5.74, 6) is -0.950. The summed E-state index contributed by atoms with van der Waals surface area (Å²) in [7, 11) is 0. The Kier molecular flexibility index (Phi) is 5.24. The Hall–Kier alpha value is -2.45. The largest absolute Gasteiger partial charge is 0.573 e. The summed E-state index contributed by atoms with van der Waals surface area (Å²) >= 11 is 0. The summed E-state index contributed by atoms with van der Waals surface area (Å²) in [6, 6.07) is 5.09. The van der Waals surface area contributed by atoms with Gasteiger partial charge in [-0.3, -0.25) is 4.79 Å². The van der Waals surface area contributed by atoms with Gasteiger partial charge in [-0.25, -0.2) is 4.79 Å². The average Bonchev–Trinajstić information content (AvgIpc) is 3.39. The second kappa shape index (κ2) is 7.43. The molecule has 3 rings (SSSR count). The van der Waals surface area contributed by atoms with E-state index in [4.69, 9.17) is 0 Å². The highest BCUT2D eigenvalue weighted by molar-refractivity contribution is 5.93. The quantitative estimate of drug-likeness (QED) is 0.854. The molecule has 0 spiro atoms. The first-order valence-corrected chi connectivity index (χ1v) is 8.52. The SMILES string of the molecule is O=C(Nc1ccc(OC(F)(F)F)cc1)C1CCCN(C(=O)NC2CC2)C1. The molecule has 0 radical (unpaired) electrons. The first-order valence-electron chi connectivity index (χ1n) is 8.52. The lowest BCUT2D eigenvalue weighted by Crippen LogP contribution is -2.48. The van der Waals surface area contributed by atoms with Crippen LogP contribution >= 0.6 is 0 Å². The Morgan fingerprint density at radius 1 is 1.12 bits per heavy atom. The molecule has 2 N–H and O–H groups in total. The summed E-state index contributed by atoms with van der Waals surface area (Å²) in [6.45, 7) is 0.950. The van der Waals surface area contributed by atoms with E-state index < -0.39 is 6.36 Å². The highest BCUT2D eigenvalue weighted by atomic mass is 19.4.